The molecule has 0 N–H and O–H groups in total. The monoisotopic (exact) mass is 1040 g/mol. The largest absolute Gasteiger partial charge is 0.497 e. The molecule has 1 aliphatic heterocycles. The quantitative estimate of drug-likeness (QED) is 0.121. The van der Waals surface area contributed by atoms with Crippen molar-refractivity contribution in [3.8, 4) is 34.1 Å². The number of aromatic nitrogens is 2. The van der Waals surface area contributed by atoms with Gasteiger partial charge in [0.15, 0.2) is 0 Å². The zero-order chi connectivity index (χ0) is 52.8. The summed E-state index contributed by atoms with van der Waals surface area (Å²) in [6, 6.07) is 75.8. The van der Waals surface area contributed by atoms with E-state index >= 15 is 0 Å². The van der Waals surface area contributed by atoms with Gasteiger partial charge in [-0.05, 0) is 205 Å². The smallest absolute Gasteiger partial charge is 0.119 e. The van der Waals surface area contributed by atoms with Crippen LogP contribution in [0.3, 0.4) is 0 Å². The third kappa shape index (κ3) is 7.07. The molecule has 0 fully saturated rings. The minimum absolute atomic E-state index is 0.698. The molecule has 9 heteroatoms. The molecular formula is C69H56N4O4S. The van der Waals surface area contributed by atoms with Gasteiger partial charge in [0, 0.05) is 101 Å². The van der Waals surface area contributed by atoms with Gasteiger partial charge in [-0.1, -0.05) is 60.3 Å². The second kappa shape index (κ2) is 18.6. The molecule has 0 bridgehead atoms. The Labute approximate surface area is 458 Å². The lowest BCUT2D eigenvalue weighted by Crippen LogP contribution is -2.32. The van der Waals surface area contributed by atoms with E-state index in [1.165, 1.54) is 76.0 Å². The Balaban J connectivity index is 1.01. The molecule has 78 heavy (non-hydrogen) atoms. The molecule has 10 aromatic carbocycles. The first-order valence-corrected chi connectivity index (χ1v) is 27.4. The first-order valence-electron chi connectivity index (χ1n) is 26.6. The highest BCUT2D eigenvalue weighted by Crippen LogP contribution is 2.63. The molecule has 1 spiro atoms. The Bertz CT molecular complexity index is 4070. The maximum atomic E-state index is 5.80. The van der Waals surface area contributed by atoms with E-state index in [0.717, 1.165) is 81.0 Å². The van der Waals surface area contributed by atoms with Gasteiger partial charge in [-0.3, -0.25) is 0 Å². The molecule has 0 radical (unpaired) electrons. The number of hydrogen-bond acceptors (Lipinski definition) is 7. The lowest BCUT2D eigenvalue weighted by Gasteiger charge is -2.40. The highest BCUT2D eigenvalue weighted by molar-refractivity contribution is 7.99. The van der Waals surface area contributed by atoms with Crippen LogP contribution in [0.2, 0.25) is 0 Å². The highest BCUT2D eigenvalue weighted by Gasteiger charge is 2.51. The van der Waals surface area contributed by atoms with Crippen molar-refractivity contribution in [2.45, 2.75) is 42.1 Å². The zero-order valence-corrected chi connectivity index (χ0v) is 45.2. The number of fused-ring (bicyclic) bond motifs is 15. The van der Waals surface area contributed by atoms with Gasteiger partial charge in [-0.2, -0.15) is 0 Å². The van der Waals surface area contributed by atoms with E-state index in [1.807, 2.05) is 11.8 Å². The van der Waals surface area contributed by atoms with Crippen LogP contribution >= 0.6 is 11.8 Å². The molecule has 14 rings (SSSR count). The lowest BCUT2D eigenvalue weighted by atomic mass is 9.67. The summed E-state index contributed by atoms with van der Waals surface area (Å²) in [4.78, 5) is 7.29. The predicted octanol–water partition coefficient (Wildman–Crippen LogP) is 17.7. The standard InChI is InChI=1S/C69H56N4O4S/c1-7-70-63-33-23-45(37-55(63)57-41-51(76-5)29-35-65(57)70)72(43-17-25-49(74-3)26-18-43)47-21-31-53-54-32-22-48(40-62(54)69(61(53)39-47)59-13-9-11-15-67(59)78-68-16-12-10-14-60(68)69)73(44-19-27-50(75-4)28-20-44)46-24-34-64-56(38-46)58-42-52(77-6)30-36-66(58)71(64)8-2/h9-42H,7-8H2,1-6H3. The fourth-order valence-corrected chi connectivity index (χ4v) is 14.1. The minimum atomic E-state index is -0.698. The summed E-state index contributed by atoms with van der Waals surface area (Å²) < 4.78 is 27.8. The molecule has 0 unspecified atom stereocenters. The minimum Gasteiger partial charge on any atom is -0.497 e. The molecule has 2 aromatic heterocycles. The third-order valence-corrected chi connectivity index (χ3v) is 17.5. The van der Waals surface area contributed by atoms with Crippen LogP contribution in [0.1, 0.15) is 36.1 Å². The van der Waals surface area contributed by atoms with Crippen LogP contribution < -0.4 is 28.7 Å². The van der Waals surface area contributed by atoms with Crippen LogP contribution in [0.4, 0.5) is 34.1 Å². The number of rotatable bonds is 12. The Morgan fingerprint density at radius 1 is 0.346 bits per heavy atom. The van der Waals surface area contributed by atoms with Crippen molar-refractivity contribution < 1.29 is 18.9 Å². The topological polar surface area (TPSA) is 53.3 Å². The highest BCUT2D eigenvalue weighted by atomic mass is 32.2. The van der Waals surface area contributed by atoms with Crippen molar-refractivity contribution in [2.75, 3.05) is 38.2 Å². The van der Waals surface area contributed by atoms with Gasteiger partial charge < -0.3 is 37.9 Å². The molecule has 8 nitrogen and oxygen atoms in total. The van der Waals surface area contributed by atoms with E-state index in [-0.39, 0.29) is 0 Å². The summed E-state index contributed by atoms with van der Waals surface area (Å²) in [6.07, 6.45) is 0. The molecule has 0 saturated carbocycles. The van der Waals surface area contributed by atoms with Gasteiger partial charge in [0.25, 0.3) is 0 Å². The van der Waals surface area contributed by atoms with E-state index in [4.69, 9.17) is 18.9 Å². The van der Waals surface area contributed by atoms with Gasteiger partial charge in [0.1, 0.15) is 23.0 Å². The molecule has 1 aliphatic carbocycles. The molecule has 2 aliphatic rings. The maximum absolute atomic E-state index is 5.80. The summed E-state index contributed by atoms with van der Waals surface area (Å²) >= 11 is 1.86. The second-order valence-electron chi connectivity index (χ2n) is 20.0. The summed E-state index contributed by atoms with van der Waals surface area (Å²) in [5.41, 5.74) is 17.7. The Hall–Kier alpha value is -9.05. The van der Waals surface area contributed by atoms with E-state index in [0.29, 0.717) is 0 Å². The maximum Gasteiger partial charge on any atom is 0.119 e. The van der Waals surface area contributed by atoms with E-state index in [9.17, 15) is 0 Å². The number of hydrogen-bond donors (Lipinski definition) is 0. The summed E-state index contributed by atoms with van der Waals surface area (Å²) in [5.74, 6) is 3.27. The molecule has 0 saturated heterocycles. The summed E-state index contributed by atoms with van der Waals surface area (Å²) in [6.45, 7) is 6.11. The molecule has 3 heterocycles. The Morgan fingerprint density at radius 2 is 0.679 bits per heavy atom. The van der Waals surface area contributed by atoms with Gasteiger partial charge in [0.05, 0.1) is 33.9 Å². The van der Waals surface area contributed by atoms with Crippen LogP contribution in [-0.2, 0) is 18.5 Å². The molecular weight excluding hydrogens is 981 g/mol. The van der Waals surface area contributed by atoms with Gasteiger partial charge in [-0.25, -0.2) is 0 Å². The molecule has 12 aromatic rings. The summed E-state index contributed by atoms with van der Waals surface area (Å²) in [5, 5.41) is 4.66. The number of ether oxygens (including phenoxy) is 4. The lowest BCUT2D eigenvalue weighted by molar-refractivity contribution is 0.414. The average molecular weight is 1040 g/mol. The SMILES string of the molecule is CCn1c2ccc(OC)cc2c2cc(N(c3ccc(OC)cc3)c3ccc4c(c3)C3(c5ccccc5Sc5ccccc53)c3cc(N(c5ccc(OC)cc5)c5ccc6c(c5)c5cc(OC)ccc5n6CC)ccc3-4)ccc21. The number of benzene rings is 10. The van der Waals surface area contributed by atoms with Crippen molar-refractivity contribution >= 4 is 89.5 Å². The van der Waals surface area contributed by atoms with Crippen LogP contribution in [0.15, 0.2) is 216 Å². The van der Waals surface area contributed by atoms with E-state index < -0.39 is 5.41 Å². The van der Waals surface area contributed by atoms with Gasteiger partial charge >= 0.3 is 0 Å². The second-order valence-corrected chi connectivity index (χ2v) is 21.1. The number of methoxy groups -OCH3 is 4. The van der Waals surface area contributed by atoms with Crippen molar-refractivity contribution in [3.63, 3.8) is 0 Å². The van der Waals surface area contributed by atoms with Crippen LogP contribution in [0.5, 0.6) is 23.0 Å². The first-order chi connectivity index (χ1) is 38.4. The number of anilines is 6. The van der Waals surface area contributed by atoms with Crippen LogP contribution in [0, 0.1) is 0 Å². The average Bonchev–Trinajstić information content (AvgIpc) is 4.21. The number of nitrogens with zero attached hydrogens (tertiary/aromatic N) is 4. The Morgan fingerprint density at radius 3 is 1.08 bits per heavy atom. The van der Waals surface area contributed by atoms with Crippen molar-refractivity contribution in [1.29, 1.82) is 0 Å². The molecule has 382 valence electrons. The van der Waals surface area contributed by atoms with Crippen LogP contribution in [0.25, 0.3) is 54.7 Å². The first kappa shape index (κ1) is 47.4. The van der Waals surface area contributed by atoms with E-state index in [2.05, 4.69) is 239 Å². The van der Waals surface area contributed by atoms with Gasteiger partial charge in [-0.15, -0.1) is 0 Å². The normalized spacial score (nSPS) is 12.9. The Kier molecular flexibility index (Phi) is 11.3. The number of aryl methyl sites for hydroxylation is 2. The third-order valence-electron chi connectivity index (χ3n) is 16.3. The molecule has 0 amide bonds. The predicted molar refractivity (Wildman–Crippen MR) is 321 cm³/mol. The van der Waals surface area contributed by atoms with Crippen molar-refractivity contribution in [1.82, 2.24) is 9.13 Å². The van der Waals surface area contributed by atoms with Crippen molar-refractivity contribution in [3.05, 3.63) is 229 Å². The fraction of sp³-hybridized carbons (Fsp3) is 0.130. The zero-order valence-electron chi connectivity index (χ0n) is 44.4. The molecule has 0 atom stereocenters. The summed E-state index contributed by atoms with van der Waals surface area (Å²) in [7, 11) is 6.91. The fourth-order valence-electron chi connectivity index (χ4n) is 12.9. The van der Waals surface area contributed by atoms with Crippen molar-refractivity contribution in [2.24, 2.45) is 0 Å². The van der Waals surface area contributed by atoms with Gasteiger partial charge in [0.2, 0.25) is 0 Å². The van der Waals surface area contributed by atoms with E-state index in [1.54, 1.807) is 28.4 Å². The van der Waals surface area contributed by atoms with Crippen LogP contribution in [-0.4, -0.2) is 37.6 Å².